The monoisotopic (exact) mass is 408 g/mol. The zero-order chi connectivity index (χ0) is 21.0. The minimum atomic E-state index is -0.828. The lowest BCUT2D eigenvalue weighted by Crippen LogP contribution is -2.44. The number of halogens is 3. The normalized spacial score (nSPS) is 22.5. The van der Waals surface area contributed by atoms with Gasteiger partial charge in [-0.2, -0.15) is 0 Å². The molecule has 1 saturated heterocycles. The highest BCUT2D eigenvalue weighted by Crippen LogP contribution is 2.37. The Kier molecular flexibility index (Phi) is 6.92. The predicted octanol–water partition coefficient (Wildman–Crippen LogP) is 4.27. The molecular weight excluding hydrogens is 381 g/mol. The van der Waals surface area contributed by atoms with Gasteiger partial charge < -0.3 is 10.2 Å². The van der Waals surface area contributed by atoms with Crippen LogP contribution in [0.5, 0.6) is 0 Å². The van der Waals surface area contributed by atoms with Gasteiger partial charge in [0.05, 0.1) is 12.4 Å². The second-order valence-corrected chi connectivity index (χ2v) is 7.96. The number of nitrogens with one attached hydrogen (secondary N) is 1. The van der Waals surface area contributed by atoms with Crippen molar-refractivity contribution in [2.75, 3.05) is 25.0 Å². The summed E-state index contributed by atoms with van der Waals surface area (Å²) in [5, 5.41) is 3.10. The quantitative estimate of drug-likeness (QED) is 0.764. The molecule has 1 aromatic rings. The molecule has 3 atom stereocenters. The third-order valence-corrected chi connectivity index (χ3v) is 6.12. The first-order valence-corrected chi connectivity index (χ1v) is 10.1. The number of anilines is 1. The number of piperidine rings is 1. The van der Waals surface area contributed by atoms with Crippen molar-refractivity contribution in [1.29, 1.82) is 0 Å². The van der Waals surface area contributed by atoms with Gasteiger partial charge in [-0.25, -0.2) is 23.1 Å². The van der Waals surface area contributed by atoms with Crippen molar-refractivity contribution in [1.82, 2.24) is 14.9 Å². The molecule has 8 heteroatoms. The van der Waals surface area contributed by atoms with E-state index in [1.807, 2.05) is 11.8 Å². The smallest absolute Gasteiger partial charge is 0.225 e. The van der Waals surface area contributed by atoms with Gasteiger partial charge in [-0.3, -0.25) is 4.79 Å². The van der Waals surface area contributed by atoms with Crippen LogP contribution in [-0.2, 0) is 4.79 Å². The minimum absolute atomic E-state index is 0.00598. The summed E-state index contributed by atoms with van der Waals surface area (Å²) in [5.41, 5.74) is 0. The third-order valence-electron chi connectivity index (χ3n) is 6.12. The summed E-state index contributed by atoms with van der Waals surface area (Å²) in [4.78, 5) is 22.5. The van der Waals surface area contributed by atoms with Gasteiger partial charge in [0.25, 0.3) is 0 Å². The Morgan fingerprint density at radius 3 is 2.52 bits per heavy atom. The van der Waals surface area contributed by atoms with E-state index in [2.05, 4.69) is 15.3 Å². The number of carbonyl (C=O) groups is 1. The number of allylic oxidation sites excluding steroid dienone is 4. The molecule has 29 heavy (non-hydrogen) atoms. The standard InChI is InChI=1S/C21H27F3N4O/c1-13(17-4-3-5-18(23)19(17)24)14(2)20(29)28-8-6-15(7-9-28)10-25-21-26-11-16(22)12-27-21/h3,5,11-15,17H,4,6-10H2,1-2H3,(H,25,26,27)/t13-,14?,17?/m1/s1. The molecule has 5 nitrogen and oxygen atoms in total. The molecule has 3 rings (SSSR count). The molecule has 0 saturated carbocycles. The van der Waals surface area contributed by atoms with Crippen LogP contribution in [-0.4, -0.2) is 40.4 Å². The summed E-state index contributed by atoms with van der Waals surface area (Å²) < 4.78 is 40.5. The molecule has 1 N–H and O–H groups in total. The summed E-state index contributed by atoms with van der Waals surface area (Å²) in [6.07, 6.45) is 7.08. The molecule has 1 fully saturated rings. The third kappa shape index (κ3) is 5.16. The van der Waals surface area contributed by atoms with E-state index in [1.54, 1.807) is 13.0 Å². The van der Waals surface area contributed by atoms with Gasteiger partial charge in [-0.1, -0.05) is 19.9 Å². The summed E-state index contributed by atoms with van der Waals surface area (Å²) in [5.74, 6) is -2.56. The van der Waals surface area contributed by atoms with Gasteiger partial charge in [-0.05, 0) is 37.2 Å². The molecule has 2 aliphatic rings. The molecule has 158 valence electrons. The van der Waals surface area contributed by atoms with E-state index in [0.29, 0.717) is 37.9 Å². The summed E-state index contributed by atoms with van der Waals surface area (Å²) >= 11 is 0. The highest BCUT2D eigenvalue weighted by molar-refractivity contribution is 5.79. The Balaban J connectivity index is 1.47. The van der Waals surface area contributed by atoms with Crippen molar-refractivity contribution in [3.8, 4) is 0 Å². The minimum Gasteiger partial charge on any atom is -0.354 e. The second-order valence-electron chi connectivity index (χ2n) is 7.96. The first-order valence-electron chi connectivity index (χ1n) is 10.1. The number of nitrogens with zero attached hydrogens (tertiary/aromatic N) is 3. The molecule has 0 aromatic carbocycles. The van der Waals surface area contributed by atoms with Crippen LogP contribution in [0.1, 0.15) is 33.1 Å². The zero-order valence-corrected chi connectivity index (χ0v) is 16.7. The van der Waals surface area contributed by atoms with Crippen LogP contribution in [0.3, 0.4) is 0 Å². The van der Waals surface area contributed by atoms with Crippen molar-refractivity contribution in [2.45, 2.75) is 33.1 Å². The Bertz CT molecular complexity index is 773. The molecule has 2 unspecified atom stereocenters. The lowest BCUT2D eigenvalue weighted by molar-refractivity contribution is -0.138. The van der Waals surface area contributed by atoms with E-state index in [9.17, 15) is 18.0 Å². The Labute approximate surface area is 169 Å². The van der Waals surface area contributed by atoms with Gasteiger partial charge in [0.15, 0.2) is 11.6 Å². The number of aromatic nitrogens is 2. The first-order chi connectivity index (χ1) is 13.9. The van der Waals surface area contributed by atoms with Crippen molar-refractivity contribution in [3.05, 3.63) is 42.0 Å². The number of amides is 1. The number of hydrogen-bond donors (Lipinski definition) is 1. The molecule has 1 aromatic heterocycles. The van der Waals surface area contributed by atoms with Gasteiger partial charge in [0, 0.05) is 31.5 Å². The van der Waals surface area contributed by atoms with Crippen LogP contribution in [0.15, 0.2) is 36.2 Å². The van der Waals surface area contributed by atoms with Crippen LogP contribution in [0.2, 0.25) is 0 Å². The fraction of sp³-hybridized carbons (Fsp3) is 0.571. The maximum atomic E-state index is 14.1. The Hall–Kier alpha value is -2.38. The average molecular weight is 408 g/mol. The van der Waals surface area contributed by atoms with Crippen molar-refractivity contribution < 1.29 is 18.0 Å². The zero-order valence-electron chi connectivity index (χ0n) is 16.7. The molecule has 0 bridgehead atoms. The largest absolute Gasteiger partial charge is 0.354 e. The first kappa shape index (κ1) is 21.3. The van der Waals surface area contributed by atoms with E-state index in [0.717, 1.165) is 31.3 Å². The molecule has 0 spiro atoms. The highest BCUT2D eigenvalue weighted by Gasteiger charge is 2.35. The molecule has 1 aliphatic carbocycles. The van der Waals surface area contributed by atoms with Crippen LogP contribution in [0.25, 0.3) is 0 Å². The maximum Gasteiger partial charge on any atom is 0.225 e. The molecule has 0 radical (unpaired) electrons. The molecule has 1 aliphatic heterocycles. The van der Waals surface area contributed by atoms with E-state index >= 15 is 0 Å². The van der Waals surface area contributed by atoms with Gasteiger partial charge >= 0.3 is 0 Å². The van der Waals surface area contributed by atoms with Gasteiger partial charge in [-0.15, -0.1) is 0 Å². The summed E-state index contributed by atoms with van der Waals surface area (Å²) in [6, 6.07) is 0. The topological polar surface area (TPSA) is 58.1 Å². The Morgan fingerprint density at radius 2 is 1.86 bits per heavy atom. The summed E-state index contributed by atoms with van der Waals surface area (Å²) in [7, 11) is 0. The van der Waals surface area contributed by atoms with E-state index in [4.69, 9.17) is 0 Å². The number of hydrogen-bond acceptors (Lipinski definition) is 4. The number of carbonyl (C=O) groups excluding carboxylic acids is 1. The van der Waals surface area contributed by atoms with Gasteiger partial charge in [0.2, 0.25) is 11.9 Å². The highest BCUT2D eigenvalue weighted by atomic mass is 19.2. The SMILES string of the molecule is CC(C(=O)N1CCC(CNc2ncc(F)cn2)CC1)[C@@H](C)C1CC=CC(F)=C1F. The summed E-state index contributed by atoms with van der Waals surface area (Å²) in [6.45, 7) is 5.53. The maximum absolute atomic E-state index is 14.1. The molecule has 2 heterocycles. The van der Waals surface area contributed by atoms with E-state index in [-0.39, 0.29) is 17.7 Å². The van der Waals surface area contributed by atoms with Crippen molar-refractivity contribution in [3.63, 3.8) is 0 Å². The predicted molar refractivity (Wildman–Crippen MR) is 105 cm³/mol. The molecule has 1 amide bonds. The fourth-order valence-electron chi connectivity index (χ4n) is 3.98. The molecular formula is C21H27F3N4O. The van der Waals surface area contributed by atoms with E-state index in [1.165, 1.54) is 0 Å². The Morgan fingerprint density at radius 1 is 1.21 bits per heavy atom. The fourth-order valence-corrected chi connectivity index (χ4v) is 3.98. The van der Waals surface area contributed by atoms with Crippen LogP contribution < -0.4 is 5.32 Å². The lowest BCUT2D eigenvalue weighted by atomic mass is 9.78. The average Bonchev–Trinajstić information content (AvgIpc) is 2.74. The number of rotatable bonds is 6. The van der Waals surface area contributed by atoms with Gasteiger partial charge in [0.1, 0.15) is 5.83 Å². The van der Waals surface area contributed by atoms with Crippen molar-refractivity contribution in [2.24, 2.45) is 23.7 Å². The van der Waals surface area contributed by atoms with Crippen LogP contribution in [0, 0.1) is 29.5 Å². The van der Waals surface area contributed by atoms with Crippen LogP contribution >= 0.6 is 0 Å². The van der Waals surface area contributed by atoms with Crippen molar-refractivity contribution >= 4 is 11.9 Å². The van der Waals surface area contributed by atoms with Crippen LogP contribution in [0.4, 0.5) is 19.1 Å². The van der Waals surface area contributed by atoms with E-state index < -0.39 is 23.4 Å². The number of likely N-dealkylation sites (tertiary alicyclic amines) is 1. The lowest BCUT2D eigenvalue weighted by Gasteiger charge is -2.36. The second kappa shape index (κ2) is 9.41.